The summed E-state index contributed by atoms with van der Waals surface area (Å²) in [6.07, 6.45) is 3.98. The molecule has 0 aliphatic heterocycles. The Morgan fingerprint density at radius 2 is 1.42 bits per heavy atom. The van der Waals surface area contributed by atoms with Gasteiger partial charge in [0.15, 0.2) is 5.78 Å². The second-order valence-electron chi connectivity index (χ2n) is 9.84. The van der Waals surface area contributed by atoms with Crippen molar-refractivity contribution in [1.29, 1.82) is 0 Å². The molecular weight excluding hydrogens is 424 g/mol. The largest absolute Gasteiger partial charge is 0.289 e. The normalized spacial score (nSPS) is 15.4. The van der Waals surface area contributed by atoms with Crippen molar-refractivity contribution in [3.05, 3.63) is 80.0 Å². The van der Waals surface area contributed by atoms with Crippen LogP contribution in [0.4, 0.5) is 5.69 Å². The van der Waals surface area contributed by atoms with E-state index in [0.717, 1.165) is 33.0 Å². The summed E-state index contributed by atoms with van der Waals surface area (Å²) in [6.45, 7) is 14.5. The molecule has 162 valence electrons. The Hall–Kier alpha value is -2.30. The molecule has 0 saturated heterocycles. The molecule has 1 heterocycles. The molecule has 1 aromatic carbocycles. The zero-order valence-electron chi connectivity index (χ0n) is 19.2. The third kappa shape index (κ3) is 5.50. The van der Waals surface area contributed by atoms with E-state index in [9.17, 15) is 4.79 Å². The number of rotatable bonds is 3. The number of carbonyl (C=O) groups is 1. The van der Waals surface area contributed by atoms with Crippen LogP contribution in [-0.2, 0) is 4.79 Å². The van der Waals surface area contributed by atoms with E-state index in [-0.39, 0.29) is 16.6 Å². The summed E-state index contributed by atoms with van der Waals surface area (Å²) in [5.74, 6) is 0.111. The van der Waals surface area contributed by atoms with Crippen LogP contribution in [-0.4, -0.2) is 5.78 Å². The molecule has 0 N–H and O–H groups in total. The van der Waals surface area contributed by atoms with Gasteiger partial charge < -0.3 is 0 Å². The van der Waals surface area contributed by atoms with E-state index in [0.29, 0.717) is 5.02 Å². The minimum atomic E-state index is -0.281. The smallest absolute Gasteiger partial charge is 0.186 e. The fourth-order valence-electron chi connectivity index (χ4n) is 3.31. The van der Waals surface area contributed by atoms with Gasteiger partial charge in [0.1, 0.15) is 5.70 Å². The SMILES string of the molecule is Cc1ccc(C(N=Nc2ccc(Cl)cc2)=C2C=C(C(C)(C)C)C(=O)C(C(C)(C)C)=C2)s1. The van der Waals surface area contributed by atoms with Gasteiger partial charge in [-0.3, -0.25) is 4.79 Å². The third-order valence-corrected chi connectivity index (χ3v) is 6.30. The molecular formula is C26H29ClN2OS. The van der Waals surface area contributed by atoms with Crippen LogP contribution in [0.5, 0.6) is 0 Å². The zero-order valence-corrected chi connectivity index (χ0v) is 20.8. The van der Waals surface area contributed by atoms with Crippen molar-refractivity contribution < 1.29 is 4.79 Å². The standard InChI is InChI=1S/C26H29ClN2OS/c1-16-8-13-22(31-16)23(29-28-19-11-9-18(27)10-12-19)17-14-20(25(2,3)4)24(30)21(15-17)26(5,6)7/h8-15H,1-7H3. The van der Waals surface area contributed by atoms with Gasteiger partial charge in [0.25, 0.3) is 0 Å². The van der Waals surface area contributed by atoms with E-state index in [4.69, 9.17) is 11.6 Å². The van der Waals surface area contributed by atoms with Crippen molar-refractivity contribution in [2.45, 2.75) is 48.5 Å². The van der Waals surface area contributed by atoms with Crippen molar-refractivity contribution >= 4 is 40.1 Å². The molecule has 2 aromatic rings. The van der Waals surface area contributed by atoms with E-state index < -0.39 is 0 Å². The maximum Gasteiger partial charge on any atom is 0.186 e. The molecule has 0 bridgehead atoms. The molecule has 3 nitrogen and oxygen atoms in total. The number of hydrogen-bond donors (Lipinski definition) is 0. The van der Waals surface area contributed by atoms with Crippen LogP contribution < -0.4 is 0 Å². The number of azo groups is 1. The molecule has 5 heteroatoms. The number of allylic oxidation sites excluding steroid dienone is 5. The summed E-state index contributed by atoms with van der Waals surface area (Å²) in [5, 5.41) is 9.79. The highest BCUT2D eigenvalue weighted by Crippen LogP contribution is 2.41. The highest BCUT2D eigenvalue weighted by molar-refractivity contribution is 7.13. The van der Waals surface area contributed by atoms with Crippen molar-refractivity contribution in [2.24, 2.45) is 21.1 Å². The summed E-state index contributed by atoms with van der Waals surface area (Å²) >= 11 is 7.67. The quantitative estimate of drug-likeness (QED) is 0.429. The molecule has 0 amide bonds. The highest BCUT2D eigenvalue weighted by atomic mass is 35.5. The Morgan fingerprint density at radius 3 is 1.87 bits per heavy atom. The maximum atomic E-state index is 13.3. The Morgan fingerprint density at radius 1 is 0.871 bits per heavy atom. The number of ketones is 1. The molecule has 0 saturated carbocycles. The van der Waals surface area contributed by atoms with Crippen LogP contribution >= 0.6 is 22.9 Å². The minimum absolute atomic E-state index is 0.111. The van der Waals surface area contributed by atoms with E-state index in [1.54, 1.807) is 23.5 Å². The fraction of sp³-hybridized carbons (Fsp3) is 0.346. The third-order valence-electron chi connectivity index (χ3n) is 5.04. The van der Waals surface area contributed by atoms with Crippen LogP contribution in [0.2, 0.25) is 5.02 Å². The second kappa shape index (κ2) is 8.68. The van der Waals surface area contributed by atoms with Gasteiger partial charge in [0, 0.05) is 26.6 Å². The number of Topliss-reactive ketones (excluding diaryl/α,β-unsaturated/α-hetero) is 1. The molecule has 1 aliphatic rings. The number of halogens is 1. The molecule has 0 radical (unpaired) electrons. The van der Waals surface area contributed by atoms with E-state index >= 15 is 0 Å². The van der Waals surface area contributed by atoms with Gasteiger partial charge >= 0.3 is 0 Å². The maximum absolute atomic E-state index is 13.3. The summed E-state index contributed by atoms with van der Waals surface area (Å²) in [5.41, 5.74) is 3.43. The van der Waals surface area contributed by atoms with E-state index in [1.807, 2.05) is 24.3 Å². The molecule has 0 fully saturated rings. The number of nitrogens with zero attached hydrogens (tertiary/aromatic N) is 2. The number of aryl methyl sites for hydroxylation is 1. The Balaban J connectivity index is 2.25. The highest BCUT2D eigenvalue weighted by Gasteiger charge is 2.34. The lowest BCUT2D eigenvalue weighted by molar-refractivity contribution is -0.114. The minimum Gasteiger partial charge on any atom is -0.289 e. The first-order valence-corrected chi connectivity index (χ1v) is 11.5. The average molecular weight is 453 g/mol. The van der Waals surface area contributed by atoms with Crippen LogP contribution in [0.15, 0.2) is 75.5 Å². The summed E-state index contributed by atoms with van der Waals surface area (Å²) in [6, 6.07) is 11.4. The first-order chi connectivity index (χ1) is 14.4. The van der Waals surface area contributed by atoms with Gasteiger partial charge in [0.2, 0.25) is 0 Å². The van der Waals surface area contributed by atoms with Crippen LogP contribution in [0, 0.1) is 17.8 Å². The van der Waals surface area contributed by atoms with Gasteiger partial charge in [-0.05, 0) is 66.3 Å². The average Bonchev–Trinajstić information content (AvgIpc) is 3.08. The lowest BCUT2D eigenvalue weighted by Crippen LogP contribution is -2.28. The Kier molecular flexibility index (Phi) is 6.54. The van der Waals surface area contributed by atoms with E-state index in [2.05, 4.69) is 70.8 Å². The van der Waals surface area contributed by atoms with Crippen molar-refractivity contribution in [2.75, 3.05) is 0 Å². The van der Waals surface area contributed by atoms with Crippen molar-refractivity contribution in [3.8, 4) is 0 Å². The van der Waals surface area contributed by atoms with Crippen LogP contribution in [0.25, 0.3) is 5.70 Å². The Labute approximate surface area is 194 Å². The number of thiophene rings is 1. The summed E-state index contributed by atoms with van der Waals surface area (Å²) < 4.78 is 0. The van der Waals surface area contributed by atoms with Crippen molar-refractivity contribution in [1.82, 2.24) is 0 Å². The summed E-state index contributed by atoms with van der Waals surface area (Å²) in [7, 11) is 0. The Bertz CT molecular complexity index is 1080. The van der Waals surface area contributed by atoms with Crippen LogP contribution in [0.3, 0.4) is 0 Å². The van der Waals surface area contributed by atoms with Gasteiger partial charge in [-0.15, -0.1) is 16.5 Å². The van der Waals surface area contributed by atoms with Gasteiger partial charge in [-0.2, -0.15) is 5.11 Å². The molecule has 0 spiro atoms. The molecule has 31 heavy (non-hydrogen) atoms. The van der Waals surface area contributed by atoms with Crippen molar-refractivity contribution in [3.63, 3.8) is 0 Å². The zero-order chi connectivity index (χ0) is 23.0. The van der Waals surface area contributed by atoms with E-state index in [1.165, 1.54) is 4.88 Å². The predicted octanol–water partition coefficient (Wildman–Crippen LogP) is 8.73. The van der Waals surface area contributed by atoms with Gasteiger partial charge in [-0.25, -0.2) is 0 Å². The molecule has 1 aliphatic carbocycles. The number of hydrogen-bond acceptors (Lipinski definition) is 4. The number of carbonyl (C=O) groups excluding carboxylic acids is 1. The molecule has 0 atom stereocenters. The molecule has 3 rings (SSSR count). The van der Waals surface area contributed by atoms with Gasteiger partial charge in [0.05, 0.1) is 10.6 Å². The fourth-order valence-corrected chi connectivity index (χ4v) is 4.31. The second-order valence-corrected chi connectivity index (χ2v) is 11.6. The first kappa shape index (κ1) is 23.4. The number of benzene rings is 1. The topological polar surface area (TPSA) is 41.8 Å². The lowest BCUT2D eigenvalue weighted by atomic mass is 9.71. The molecule has 0 unspecified atom stereocenters. The van der Waals surface area contributed by atoms with Gasteiger partial charge in [-0.1, -0.05) is 53.1 Å². The van der Waals surface area contributed by atoms with Crippen LogP contribution in [0.1, 0.15) is 51.3 Å². The monoisotopic (exact) mass is 452 g/mol. The first-order valence-electron chi connectivity index (χ1n) is 10.3. The lowest BCUT2D eigenvalue weighted by Gasteiger charge is -2.31. The summed E-state index contributed by atoms with van der Waals surface area (Å²) in [4.78, 5) is 15.5. The predicted molar refractivity (Wildman–Crippen MR) is 132 cm³/mol. The molecule has 1 aromatic heterocycles.